The van der Waals surface area contributed by atoms with Gasteiger partial charge >= 0.3 is 12.5 Å². The normalized spacial score (nSPS) is 16.2. The van der Waals surface area contributed by atoms with Gasteiger partial charge in [-0.25, -0.2) is 13.4 Å². The first-order chi connectivity index (χ1) is 14.6. The molecule has 0 bridgehead atoms. The fourth-order valence-electron chi connectivity index (χ4n) is 2.64. The highest BCUT2D eigenvalue weighted by atomic mass is 32.2. The molecule has 0 aliphatic carbocycles. The molecule has 15 heteroatoms. The Labute approximate surface area is 176 Å². The van der Waals surface area contributed by atoms with Gasteiger partial charge in [-0.3, -0.25) is 4.79 Å². The van der Waals surface area contributed by atoms with E-state index in [1.165, 1.54) is 0 Å². The van der Waals surface area contributed by atoms with E-state index in [2.05, 4.69) is 14.5 Å². The first-order valence-corrected chi connectivity index (χ1v) is 9.96. The molecule has 174 valence electrons. The number of pyridine rings is 1. The lowest BCUT2D eigenvalue weighted by Gasteiger charge is -2.42. The molecule has 1 fully saturated rings. The largest absolute Gasteiger partial charge is 0.573 e. The van der Waals surface area contributed by atoms with Crippen LogP contribution < -0.4 is 15.8 Å². The summed E-state index contributed by atoms with van der Waals surface area (Å²) in [5.74, 6) is -1.94. The van der Waals surface area contributed by atoms with Gasteiger partial charge in [-0.15, -0.1) is 13.2 Å². The SMILES string of the molecule is Nc1cc(S(=O)(=O)c2ccc(OC(F)(F)F)cc2)cnc1C(=O)NC1(C(F)(F)F)COC1. The fourth-order valence-corrected chi connectivity index (χ4v) is 3.88. The molecule has 2 heterocycles. The van der Waals surface area contributed by atoms with Crippen LogP contribution in [0.1, 0.15) is 10.5 Å². The van der Waals surface area contributed by atoms with E-state index in [4.69, 9.17) is 5.73 Å². The first kappa shape index (κ1) is 23.6. The van der Waals surface area contributed by atoms with Crippen LogP contribution >= 0.6 is 0 Å². The third-order valence-corrected chi connectivity index (χ3v) is 6.11. The second-order valence-corrected chi connectivity index (χ2v) is 8.61. The molecule has 3 N–H and O–H groups in total. The minimum absolute atomic E-state index is 0.437. The van der Waals surface area contributed by atoms with Gasteiger partial charge < -0.3 is 20.5 Å². The molecule has 0 atom stereocenters. The molecule has 1 saturated heterocycles. The van der Waals surface area contributed by atoms with Crippen LogP contribution in [-0.4, -0.2) is 50.6 Å². The molecule has 3 rings (SSSR count). The van der Waals surface area contributed by atoms with Gasteiger partial charge in [0.1, 0.15) is 5.75 Å². The number of sulfone groups is 1. The molecule has 0 spiro atoms. The summed E-state index contributed by atoms with van der Waals surface area (Å²) in [5, 5.41) is 1.75. The summed E-state index contributed by atoms with van der Waals surface area (Å²) in [6.07, 6.45) is -9.08. The molecule has 1 aromatic carbocycles. The molecular weight excluding hydrogens is 472 g/mol. The number of nitrogens with zero attached hydrogens (tertiary/aromatic N) is 1. The molecule has 1 aromatic heterocycles. The maximum absolute atomic E-state index is 13.2. The lowest BCUT2D eigenvalue weighted by atomic mass is 9.96. The van der Waals surface area contributed by atoms with Gasteiger partial charge in [0.15, 0.2) is 11.2 Å². The van der Waals surface area contributed by atoms with Crippen molar-refractivity contribution in [2.24, 2.45) is 0 Å². The number of aromatic nitrogens is 1. The third kappa shape index (κ3) is 4.57. The number of ether oxygens (including phenoxy) is 2. The van der Waals surface area contributed by atoms with E-state index >= 15 is 0 Å². The number of halogens is 6. The molecule has 0 radical (unpaired) electrons. The van der Waals surface area contributed by atoms with E-state index in [0.717, 1.165) is 30.3 Å². The van der Waals surface area contributed by atoms with E-state index in [1.807, 2.05) is 0 Å². The Morgan fingerprint density at radius 2 is 1.69 bits per heavy atom. The molecule has 0 unspecified atom stereocenters. The van der Waals surface area contributed by atoms with Crippen molar-refractivity contribution in [1.82, 2.24) is 10.3 Å². The van der Waals surface area contributed by atoms with Gasteiger partial charge in [-0.1, -0.05) is 0 Å². The highest BCUT2D eigenvalue weighted by Gasteiger charge is 2.61. The van der Waals surface area contributed by atoms with Crippen LogP contribution in [0.4, 0.5) is 32.0 Å². The molecule has 1 amide bonds. The zero-order chi connectivity index (χ0) is 23.9. The Hall–Kier alpha value is -3.07. The summed E-state index contributed by atoms with van der Waals surface area (Å²) >= 11 is 0. The Bertz CT molecular complexity index is 1130. The van der Waals surface area contributed by atoms with Crippen molar-refractivity contribution in [3.8, 4) is 5.75 Å². The smallest absolute Gasteiger partial charge is 0.406 e. The molecule has 1 aliphatic heterocycles. The number of hydrogen-bond acceptors (Lipinski definition) is 7. The van der Waals surface area contributed by atoms with Gasteiger partial charge in [-0.2, -0.15) is 13.2 Å². The summed E-state index contributed by atoms with van der Waals surface area (Å²) in [4.78, 5) is 14.8. The molecule has 8 nitrogen and oxygen atoms in total. The van der Waals surface area contributed by atoms with E-state index in [-0.39, 0.29) is 0 Å². The highest BCUT2D eigenvalue weighted by molar-refractivity contribution is 7.91. The number of anilines is 1. The fraction of sp³-hybridized carbons (Fsp3) is 0.294. The molecule has 32 heavy (non-hydrogen) atoms. The van der Waals surface area contributed by atoms with Crippen molar-refractivity contribution >= 4 is 21.4 Å². The topological polar surface area (TPSA) is 121 Å². The van der Waals surface area contributed by atoms with Gasteiger partial charge in [0.2, 0.25) is 9.84 Å². The summed E-state index contributed by atoms with van der Waals surface area (Å²) in [7, 11) is -4.33. The number of nitrogens with one attached hydrogen (secondary N) is 1. The summed E-state index contributed by atoms with van der Waals surface area (Å²) in [5.41, 5.74) is 1.85. The zero-order valence-electron chi connectivity index (χ0n) is 15.6. The van der Waals surface area contributed by atoms with E-state index in [9.17, 15) is 39.6 Å². The molecule has 0 saturated carbocycles. The average Bonchev–Trinajstić information content (AvgIpc) is 2.62. The number of carbonyl (C=O) groups is 1. The number of nitrogen functional groups attached to an aromatic ring is 1. The molecule has 2 aromatic rings. The zero-order valence-corrected chi connectivity index (χ0v) is 16.4. The van der Waals surface area contributed by atoms with E-state index < -0.39 is 74.0 Å². The van der Waals surface area contributed by atoms with Crippen LogP contribution in [0.25, 0.3) is 0 Å². The number of alkyl halides is 6. The van der Waals surface area contributed by atoms with Crippen LogP contribution in [0.15, 0.2) is 46.3 Å². The first-order valence-electron chi connectivity index (χ1n) is 8.48. The number of nitrogens with two attached hydrogens (primary N) is 1. The van der Waals surface area contributed by atoms with Crippen molar-refractivity contribution in [2.75, 3.05) is 18.9 Å². The number of amides is 1. The van der Waals surface area contributed by atoms with Gasteiger partial charge in [-0.05, 0) is 30.3 Å². The predicted molar refractivity (Wildman–Crippen MR) is 94.3 cm³/mol. The van der Waals surface area contributed by atoms with Crippen LogP contribution in [0, 0.1) is 0 Å². The Morgan fingerprint density at radius 3 is 2.12 bits per heavy atom. The molecule has 1 aliphatic rings. The average molecular weight is 485 g/mol. The number of hydrogen-bond donors (Lipinski definition) is 2. The summed E-state index contributed by atoms with van der Waals surface area (Å²) in [6, 6.07) is 4.04. The number of carbonyl (C=O) groups excluding carboxylic acids is 1. The second kappa shape index (κ2) is 7.81. The van der Waals surface area contributed by atoms with Crippen molar-refractivity contribution in [3.05, 3.63) is 42.2 Å². The van der Waals surface area contributed by atoms with Gasteiger partial charge in [0.05, 0.1) is 28.7 Å². The van der Waals surface area contributed by atoms with Crippen molar-refractivity contribution < 1.29 is 49.0 Å². The van der Waals surface area contributed by atoms with Crippen LogP contribution in [0.5, 0.6) is 5.75 Å². The monoisotopic (exact) mass is 485 g/mol. The Morgan fingerprint density at radius 1 is 1.09 bits per heavy atom. The minimum Gasteiger partial charge on any atom is -0.406 e. The van der Waals surface area contributed by atoms with Crippen molar-refractivity contribution in [1.29, 1.82) is 0 Å². The van der Waals surface area contributed by atoms with Crippen molar-refractivity contribution in [3.63, 3.8) is 0 Å². The Balaban J connectivity index is 1.83. The van der Waals surface area contributed by atoms with Crippen LogP contribution in [-0.2, 0) is 14.6 Å². The maximum atomic E-state index is 13.2. The second-order valence-electron chi connectivity index (χ2n) is 6.66. The van der Waals surface area contributed by atoms with E-state index in [0.29, 0.717) is 6.20 Å². The quantitative estimate of drug-likeness (QED) is 0.625. The van der Waals surface area contributed by atoms with Crippen molar-refractivity contribution in [2.45, 2.75) is 27.9 Å². The van der Waals surface area contributed by atoms with Crippen LogP contribution in [0.3, 0.4) is 0 Å². The molecular formula is C17H13F6N3O5S. The number of rotatable bonds is 5. The lowest BCUT2D eigenvalue weighted by molar-refractivity contribution is -0.274. The lowest BCUT2D eigenvalue weighted by Crippen LogP contribution is -2.70. The van der Waals surface area contributed by atoms with Gasteiger partial charge in [0.25, 0.3) is 5.91 Å². The van der Waals surface area contributed by atoms with E-state index in [1.54, 1.807) is 5.32 Å². The maximum Gasteiger partial charge on any atom is 0.573 e. The highest BCUT2D eigenvalue weighted by Crippen LogP contribution is 2.36. The van der Waals surface area contributed by atoms with Gasteiger partial charge in [0, 0.05) is 6.20 Å². The predicted octanol–water partition coefficient (Wildman–Crippen LogP) is 2.46. The summed E-state index contributed by atoms with van der Waals surface area (Å²) < 4.78 is 110. The summed E-state index contributed by atoms with van der Waals surface area (Å²) in [6.45, 7) is -1.61. The third-order valence-electron chi connectivity index (χ3n) is 4.38. The number of benzene rings is 1. The minimum atomic E-state index is -4.97. The standard InChI is InChI=1S/C17H13F6N3O5S/c18-16(19,20)15(7-30-8-15)26-14(27)13-12(24)5-11(6-25-13)32(28,29)10-3-1-9(2-4-10)31-17(21,22)23/h1-6H,7-8,24H2,(H,26,27). The van der Waals surface area contributed by atoms with Crippen LogP contribution in [0.2, 0.25) is 0 Å². The Kier molecular flexibility index (Phi) is 5.76.